The summed E-state index contributed by atoms with van der Waals surface area (Å²) in [7, 11) is 0. The van der Waals surface area contributed by atoms with Crippen LogP contribution in [0.25, 0.3) is 11.0 Å². The average Bonchev–Trinajstić information content (AvgIpc) is 2.78. The number of anilines is 1. The van der Waals surface area contributed by atoms with Crippen molar-refractivity contribution in [1.82, 2.24) is 9.55 Å². The van der Waals surface area contributed by atoms with E-state index in [4.69, 9.17) is 4.98 Å². The predicted octanol–water partition coefficient (Wildman–Crippen LogP) is 4.02. The molecule has 1 N–H and O–H groups in total. The van der Waals surface area contributed by atoms with Gasteiger partial charge in [0.15, 0.2) is 0 Å². The first-order valence-corrected chi connectivity index (χ1v) is 8.17. The summed E-state index contributed by atoms with van der Waals surface area (Å²) in [5, 5.41) is 3.01. The molecule has 2 aromatic carbocycles. The Morgan fingerprint density at radius 3 is 2.74 bits per heavy atom. The van der Waals surface area contributed by atoms with Gasteiger partial charge in [-0.25, -0.2) is 4.98 Å². The highest BCUT2D eigenvalue weighted by Gasteiger charge is 2.16. The lowest BCUT2D eigenvalue weighted by molar-refractivity contribution is 0.102. The maximum Gasteiger partial charge on any atom is 0.255 e. The van der Waals surface area contributed by atoms with Crippen LogP contribution in [-0.2, 0) is 13.0 Å². The van der Waals surface area contributed by atoms with Gasteiger partial charge in [-0.2, -0.15) is 0 Å². The van der Waals surface area contributed by atoms with Crippen LogP contribution in [0.1, 0.15) is 35.4 Å². The van der Waals surface area contributed by atoms with Gasteiger partial charge in [-0.05, 0) is 37.1 Å². The van der Waals surface area contributed by atoms with Gasteiger partial charge in [-0.3, -0.25) is 4.79 Å². The Morgan fingerprint density at radius 1 is 1.00 bits per heavy atom. The normalized spacial score (nSPS) is 14.3. The van der Waals surface area contributed by atoms with E-state index in [2.05, 4.69) is 16.0 Å². The second-order valence-corrected chi connectivity index (χ2v) is 5.98. The van der Waals surface area contributed by atoms with Crippen molar-refractivity contribution in [2.75, 3.05) is 5.32 Å². The Kier molecular flexibility index (Phi) is 3.58. The SMILES string of the molecule is O=C(Nc1cccc2c1nc1n2CCCCC1)c1ccccc1. The Balaban J connectivity index is 1.72. The molecular weight excluding hydrogens is 286 g/mol. The van der Waals surface area contributed by atoms with Crippen molar-refractivity contribution < 1.29 is 4.79 Å². The van der Waals surface area contributed by atoms with E-state index in [1.807, 2.05) is 42.5 Å². The topological polar surface area (TPSA) is 46.9 Å². The number of nitrogens with zero attached hydrogens (tertiary/aromatic N) is 2. The number of imidazole rings is 1. The number of hydrogen-bond donors (Lipinski definition) is 1. The highest BCUT2D eigenvalue weighted by molar-refractivity contribution is 6.08. The minimum atomic E-state index is -0.0960. The predicted molar refractivity (Wildman–Crippen MR) is 91.7 cm³/mol. The molecule has 1 amide bonds. The molecule has 0 radical (unpaired) electrons. The van der Waals surface area contributed by atoms with Crippen LogP contribution in [0.5, 0.6) is 0 Å². The number of carbonyl (C=O) groups is 1. The second kappa shape index (κ2) is 5.88. The van der Waals surface area contributed by atoms with Crippen molar-refractivity contribution in [3.8, 4) is 0 Å². The molecule has 1 aromatic heterocycles. The van der Waals surface area contributed by atoms with Crippen LogP contribution in [0.15, 0.2) is 48.5 Å². The first-order valence-electron chi connectivity index (χ1n) is 8.17. The number of hydrogen-bond acceptors (Lipinski definition) is 2. The van der Waals surface area contributed by atoms with Gasteiger partial charge in [0.25, 0.3) is 5.91 Å². The lowest BCUT2D eigenvalue weighted by Crippen LogP contribution is -2.11. The van der Waals surface area contributed by atoms with Gasteiger partial charge in [-0.1, -0.05) is 30.7 Å². The van der Waals surface area contributed by atoms with Gasteiger partial charge in [0, 0.05) is 18.5 Å². The molecule has 2 heterocycles. The lowest BCUT2D eigenvalue weighted by atomic mass is 10.2. The molecule has 0 fully saturated rings. The number of carbonyl (C=O) groups excluding carboxylic acids is 1. The number of fused-ring (bicyclic) bond motifs is 3. The number of aryl methyl sites for hydroxylation is 2. The average molecular weight is 305 g/mol. The molecule has 1 aliphatic heterocycles. The van der Waals surface area contributed by atoms with Gasteiger partial charge in [-0.15, -0.1) is 0 Å². The van der Waals surface area contributed by atoms with Crippen LogP contribution < -0.4 is 5.32 Å². The summed E-state index contributed by atoms with van der Waals surface area (Å²) >= 11 is 0. The maximum absolute atomic E-state index is 12.4. The fraction of sp³-hybridized carbons (Fsp3) is 0.263. The molecule has 0 spiro atoms. The zero-order valence-electron chi connectivity index (χ0n) is 13.0. The minimum absolute atomic E-state index is 0.0960. The van der Waals surface area contributed by atoms with Crippen LogP contribution in [-0.4, -0.2) is 15.5 Å². The summed E-state index contributed by atoms with van der Waals surface area (Å²) in [5.74, 6) is 1.04. The molecule has 0 unspecified atom stereocenters. The van der Waals surface area contributed by atoms with Crippen LogP contribution in [0, 0.1) is 0 Å². The summed E-state index contributed by atoms with van der Waals surface area (Å²) < 4.78 is 2.31. The van der Waals surface area contributed by atoms with Crippen LogP contribution in [0.4, 0.5) is 5.69 Å². The van der Waals surface area contributed by atoms with Gasteiger partial charge in [0.05, 0.1) is 11.2 Å². The smallest absolute Gasteiger partial charge is 0.255 e. The molecule has 116 valence electrons. The number of para-hydroxylation sites is 1. The van der Waals surface area contributed by atoms with Gasteiger partial charge in [0.2, 0.25) is 0 Å². The quantitative estimate of drug-likeness (QED) is 0.777. The number of amides is 1. The summed E-state index contributed by atoms with van der Waals surface area (Å²) in [6.45, 7) is 1.02. The van der Waals surface area contributed by atoms with E-state index in [1.165, 1.54) is 19.3 Å². The lowest BCUT2D eigenvalue weighted by Gasteiger charge is -2.07. The van der Waals surface area contributed by atoms with Crippen molar-refractivity contribution in [2.24, 2.45) is 0 Å². The van der Waals surface area contributed by atoms with E-state index >= 15 is 0 Å². The molecule has 23 heavy (non-hydrogen) atoms. The fourth-order valence-electron chi connectivity index (χ4n) is 3.25. The number of benzene rings is 2. The third kappa shape index (κ3) is 2.61. The molecule has 0 aliphatic carbocycles. The highest BCUT2D eigenvalue weighted by atomic mass is 16.1. The van der Waals surface area contributed by atoms with Gasteiger partial charge < -0.3 is 9.88 Å². The Morgan fingerprint density at radius 2 is 1.87 bits per heavy atom. The minimum Gasteiger partial charge on any atom is -0.328 e. The van der Waals surface area contributed by atoms with E-state index < -0.39 is 0 Å². The summed E-state index contributed by atoms with van der Waals surface area (Å²) in [6.07, 6.45) is 4.66. The molecule has 0 bridgehead atoms. The fourth-order valence-corrected chi connectivity index (χ4v) is 3.25. The largest absolute Gasteiger partial charge is 0.328 e. The van der Waals surface area contributed by atoms with E-state index in [0.29, 0.717) is 5.56 Å². The summed E-state index contributed by atoms with van der Waals surface area (Å²) in [5.41, 5.74) is 3.46. The Labute approximate surface area is 135 Å². The molecule has 4 nitrogen and oxygen atoms in total. The molecule has 0 saturated heterocycles. The molecule has 0 atom stereocenters. The summed E-state index contributed by atoms with van der Waals surface area (Å²) in [4.78, 5) is 17.2. The highest BCUT2D eigenvalue weighted by Crippen LogP contribution is 2.27. The monoisotopic (exact) mass is 305 g/mol. The van der Waals surface area contributed by atoms with Gasteiger partial charge >= 0.3 is 0 Å². The molecular formula is C19H19N3O. The van der Waals surface area contributed by atoms with Crippen LogP contribution in [0.2, 0.25) is 0 Å². The number of nitrogens with one attached hydrogen (secondary N) is 1. The molecule has 3 aromatic rings. The van der Waals surface area contributed by atoms with Crippen molar-refractivity contribution in [3.05, 3.63) is 59.9 Å². The second-order valence-electron chi connectivity index (χ2n) is 5.98. The first kappa shape index (κ1) is 14.0. The summed E-state index contributed by atoms with van der Waals surface area (Å²) in [6, 6.07) is 15.3. The first-order chi connectivity index (χ1) is 11.3. The van der Waals surface area contributed by atoms with Crippen LogP contribution >= 0.6 is 0 Å². The zero-order valence-corrected chi connectivity index (χ0v) is 13.0. The van der Waals surface area contributed by atoms with Crippen molar-refractivity contribution >= 4 is 22.6 Å². The van der Waals surface area contributed by atoms with Gasteiger partial charge in [0.1, 0.15) is 11.3 Å². The Hall–Kier alpha value is -2.62. The third-order valence-electron chi connectivity index (χ3n) is 4.42. The maximum atomic E-state index is 12.4. The zero-order chi connectivity index (χ0) is 15.6. The van der Waals surface area contributed by atoms with E-state index in [-0.39, 0.29) is 5.91 Å². The molecule has 1 aliphatic rings. The molecule has 4 rings (SSSR count). The van der Waals surface area contributed by atoms with Crippen molar-refractivity contribution in [1.29, 1.82) is 0 Å². The van der Waals surface area contributed by atoms with Crippen molar-refractivity contribution in [2.45, 2.75) is 32.2 Å². The standard InChI is InChI=1S/C19H19N3O/c23-19(14-8-3-1-4-9-14)20-15-10-7-11-16-18(15)21-17-12-5-2-6-13-22(16)17/h1,3-4,7-11H,2,5-6,12-13H2,(H,20,23). The number of aromatic nitrogens is 2. The molecule has 0 saturated carbocycles. The van der Waals surface area contributed by atoms with Crippen LogP contribution in [0.3, 0.4) is 0 Å². The van der Waals surface area contributed by atoms with E-state index in [0.717, 1.165) is 35.5 Å². The van der Waals surface area contributed by atoms with E-state index in [1.54, 1.807) is 0 Å². The number of rotatable bonds is 2. The van der Waals surface area contributed by atoms with Crippen molar-refractivity contribution in [3.63, 3.8) is 0 Å². The Bertz CT molecular complexity index is 852. The third-order valence-corrected chi connectivity index (χ3v) is 4.42. The van der Waals surface area contributed by atoms with E-state index in [9.17, 15) is 4.79 Å². The molecule has 4 heteroatoms.